The average molecular weight is 349 g/mol. The summed E-state index contributed by atoms with van der Waals surface area (Å²) in [5, 5.41) is 0. The van der Waals surface area contributed by atoms with Crippen LogP contribution in [0.5, 0.6) is 0 Å². The Balaban J connectivity index is 1.72. The predicted molar refractivity (Wildman–Crippen MR) is 80.5 cm³/mol. The van der Waals surface area contributed by atoms with Crippen LogP contribution in [0, 0.1) is 0 Å². The Morgan fingerprint density at radius 2 is 0.810 bits per heavy atom. The first-order valence-corrected chi connectivity index (χ1v) is 13.3. The Kier molecular flexibility index (Phi) is 3.53. The molecule has 0 atom stereocenters. The minimum atomic E-state index is -2.73. The topological polar surface area (TPSA) is 55.4 Å². The van der Waals surface area contributed by atoms with E-state index in [-0.39, 0.29) is 0 Å². The largest absolute Gasteiger partial charge is 0.489 e. The third-order valence-electron chi connectivity index (χ3n) is 4.94. The van der Waals surface area contributed by atoms with E-state index in [2.05, 4.69) is 0 Å². The van der Waals surface area contributed by atoms with Crippen LogP contribution in [0.3, 0.4) is 0 Å². The van der Waals surface area contributed by atoms with Crippen molar-refractivity contribution >= 4 is 26.4 Å². The minimum Gasteiger partial charge on any atom is -0.378 e. The first-order chi connectivity index (χ1) is 10.1. The Hall–Kier alpha value is 0.411. The Labute approximate surface area is 129 Å². The number of rotatable bonds is 6. The van der Waals surface area contributed by atoms with Crippen molar-refractivity contribution in [1.82, 2.24) is 0 Å². The minimum absolute atomic E-state index is 0.410. The summed E-state index contributed by atoms with van der Waals surface area (Å²) < 4.78 is 37.1. The van der Waals surface area contributed by atoms with Crippen LogP contribution in [-0.2, 0) is 25.6 Å². The van der Waals surface area contributed by atoms with Crippen molar-refractivity contribution in [2.24, 2.45) is 0 Å². The van der Waals surface area contributed by atoms with Crippen molar-refractivity contribution in [2.45, 2.75) is 55.1 Å². The van der Waals surface area contributed by atoms with Crippen molar-refractivity contribution in [2.75, 3.05) is 21.3 Å². The Bertz CT molecular complexity index is 355. The second-order valence-electron chi connectivity index (χ2n) is 6.55. The zero-order chi connectivity index (χ0) is 14.7. The van der Waals surface area contributed by atoms with Crippen LogP contribution in [-0.4, -0.2) is 47.7 Å². The lowest BCUT2D eigenvalue weighted by Gasteiger charge is -2.49. The highest BCUT2D eigenvalue weighted by molar-refractivity contribution is 6.90. The monoisotopic (exact) mass is 348 g/mol. The average Bonchev–Trinajstić information content (AvgIpc) is 3.33. The molecule has 0 bridgehead atoms. The van der Waals surface area contributed by atoms with E-state index in [1.807, 2.05) is 0 Å². The van der Waals surface area contributed by atoms with Crippen LogP contribution in [0.25, 0.3) is 0 Å². The third-order valence-corrected chi connectivity index (χ3v) is 18.2. The van der Waals surface area contributed by atoms with Gasteiger partial charge in [0.1, 0.15) is 0 Å². The molecule has 0 spiro atoms. The van der Waals surface area contributed by atoms with Gasteiger partial charge in [-0.05, 0) is 38.5 Å². The van der Waals surface area contributed by atoms with E-state index in [0.717, 1.165) is 38.5 Å². The van der Waals surface area contributed by atoms with Crippen LogP contribution in [0.1, 0.15) is 38.5 Å². The van der Waals surface area contributed by atoms with E-state index in [9.17, 15) is 0 Å². The molecule has 0 N–H and O–H groups in total. The van der Waals surface area contributed by atoms with Gasteiger partial charge in [0, 0.05) is 38.0 Å². The molecule has 4 aliphatic rings. The fraction of sp³-hybridized carbons (Fsp3) is 1.00. The molecule has 6 nitrogen and oxygen atoms in total. The molecule has 0 aromatic rings. The summed E-state index contributed by atoms with van der Waals surface area (Å²) in [6.45, 7) is 0. The number of hydrogen-bond donors (Lipinski definition) is 0. The molecule has 0 amide bonds. The summed E-state index contributed by atoms with van der Waals surface area (Å²) in [5.41, 5.74) is 1.23. The lowest BCUT2D eigenvalue weighted by Crippen LogP contribution is -2.73. The standard InChI is InChI=1S/C12H24O6Si3/c1-13-19(10-4-5-10)16-20(14-2,11-6-7-11)18-21(15-3,17-19)12-8-9-12/h10-12H,4-9H2,1-3H3. The van der Waals surface area contributed by atoms with Gasteiger partial charge in [0.05, 0.1) is 0 Å². The molecule has 3 saturated carbocycles. The van der Waals surface area contributed by atoms with E-state index in [1.165, 1.54) is 0 Å². The SMILES string of the molecule is CO[Si]1(C2CC2)O[Si](OC)(C2CC2)O[Si](OC)(C2CC2)O1. The molecule has 120 valence electrons. The van der Waals surface area contributed by atoms with E-state index in [4.69, 9.17) is 25.6 Å². The molecular weight excluding hydrogens is 324 g/mol. The summed E-state index contributed by atoms with van der Waals surface area (Å²) in [6, 6.07) is 0. The van der Waals surface area contributed by atoms with Crippen LogP contribution in [0.2, 0.25) is 16.6 Å². The third kappa shape index (κ3) is 2.34. The fourth-order valence-corrected chi connectivity index (χ4v) is 19.2. The van der Waals surface area contributed by atoms with E-state index < -0.39 is 26.4 Å². The summed E-state index contributed by atoms with van der Waals surface area (Å²) in [4.78, 5) is 0. The van der Waals surface area contributed by atoms with Gasteiger partial charge in [0.2, 0.25) is 0 Å². The van der Waals surface area contributed by atoms with Crippen LogP contribution >= 0.6 is 0 Å². The van der Waals surface area contributed by atoms with Crippen LogP contribution < -0.4 is 0 Å². The molecule has 0 aromatic heterocycles. The smallest absolute Gasteiger partial charge is 0.378 e. The molecule has 1 aliphatic heterocycles. The fourth-order valence-electron chi connectivity index (χ4n) is 3.22. The highest BCUT2D eigenvalue weighted by Crippen LogP contribution is 2.60. The van der Waals surface area contributed by atoms with E-state index in [1.54, 1.807) is 21.3 Å². The maximum atomic E-state index is 6.49. The van der Waals surface area contributed by atoms with Crippen molar-refractivity contribution in [3.8, 4) is 0 Å². The number of hydrogen-bond acceptors (Lipinski definition) is 6. The quantitative estimate of drug-likeness (QED) is 0.687. The molecule has 3 aliphatic carbocycles. The summed E-state index contributed by atoms with van der Waals surface area (Å²) in [6.07, 6.45) is 6.74. The lowest BCUT2D eigenvalue weighted by atomic mass is 11.0. The van der Waals surface area contributed by atoms with Gasteiger partial charge in [-0.1, -0.05) is 0 Å². The Morgan fingerprint density at radius 3 is 0.952 bits per heavy atom. The molecule has 0 unspecified atom stereocenters. The van der Waals surface area contributed by atoms with Gasteiger partial charge in [0.15, 0.2) is 0 Å². The molecule has 9 heteroatoms. The lowest BCUT2D eigenvalue weighted by molar-refractivity contribution is 0.0324. The first-order valence-electron chi connectivity index (χ1n) is 7.88. The van der Waals surface area contributed by atoms with Gasteiger partial charge in [-0.2, -0.15) is 0 Å². The van der Waals surface area contributed by atoms with Gasteiger partial charge in [-0.3, -0.25) is 0 Å². The maximum Gasteiger partial charge on any atom is 0.489 e. The van der Waals surface area contributed by atoms with E-state index >= 15 is 0 Å². The first kappa shape index (κ1) is 15.0. The van der Waals surface area contributed by atoms with Crippen LogP contribution in [0.4, 0.5) is 0 Å². The molecule has 0 radical (unpaired) electrons. The van der Waals surface area contributed by atoms with Crippen molar-refractivity contribution in [3.63, 3.8) is 0 Å². The molecular formula is C12H24O6Si3. The zero-order valence-electron chi connectivity index (χ0n) is 12.9. The normalized spacial score (nSPS) is 47.6. The van der Waals surface area contributed by atoms with Crippen molar-refractivity contribution in [1.29, 1.82) is 0 Å². The summed E-state index contributed by atoms with van der Waals surface area (Å²) in [5.74, 6) is 0. The van der Waals surface area contributed by atoms with Crippen molar-refractivity contribution < 1.29 is 25.6 Å². The second kappa shape index (κ2) is 4.95. The maximum absolute atomic E-state index is 6.49. The van der Waals surface area contributed by atoms with Gasteiger partial charge in [0.25, 0.3) is 0 Å². The van der Waals surface area contributed by atoms with E-state index in [0.29, 0.717) is 16.6 Å². The zero-order valence-corrected chi connectivity index (χ0v) is 15.9. The van der Waals surface area contributed by atoms with Crippen molar-refractivity contribution in [3.05, 3.63) is 0 Å². The van der Waals surface area contributed by atoms with Gasteiger partial charge >= 0.3 is 26.4 Å². The molecule has 21 heavy (non-hydrogen) atoms. The second-order valence-corrected chi connectivity index (χ2v) is 16.3. The summed E-state index contributed by atoms with van der Waals surface area (Å²) >= 11 is 0. The highest BCUT2D eigenvalue weighted by Gasteiger charge is 2.76. The Morgan fingerprint density at radius 1 is 0.571 bits per heavy atom. The molecule has 1 heterocycles. The van der Waals surface area contributed by atoms with Gasteiger partial charge < -0.3 is 25.6 Å². The van der Waals surface area contributed by atoms with Gasteiger partial charge in [-0.25, -0.2) is 0 Å². The molecule has 1 saturated heterocycles. The molecule has 4 rings (SSSR count). The summed E-state index contributed by atoms with van der Waals surface area (Å²) in [7, 11) is -3.03. The molecule has 0 aromatic carbocycles. The van der Waals surface area contributed by atoms with Crippen LogP contribution in [0.15, 0.2) is 0 Å². The highest BCUT2D eigenvalue weighted by atomic mass is 28.5. The molecule has 4 fully saturated rings. The predicted octanol–water partition coefficient (Wildman–Crippen LogP) is 2.30. The van der Waals surface area contributed by atoms with Gasteiger partial charge in [-0.15, -0.1) is 0 Å².